The van der Waals surface area contributed by atoms with E-state index in [0.717, 1.165) is 10.0 Å². The molecular weight excluding hydrogens is 301 g/mol. The first-order chi connectivity index (χ1) is 8.20. The van der Waals surface area contributed by atoms with Gasteiger partial charge in [0.05, 0.1) is 0 Å². The van der Waals surface area contributed by atoms with E-state index in [2.05, 4.69) is 32.7 Å². The van der Waals surface area contributed by atoms with Gasteiger partial charge in [-0.15, -0.1) is 0 Å². The molecule has 0 fully saturated rings. The van der Waals surface area contributed by atoms with E-state index in [1.54, 1.807) is 17.4 Å². The van der Waals surface area contributed by atoms with E-state index in [9.17, 15) is 4.39 Å². The Labute approximate surface area is 113 Å². The number of benzene rings is 1. The van der Waals surface area contributed by atoms with Crippen LogP contribution in [0.15, 0.2) is 39.5 Å². The van der Waals surface area contributed by atoms with Gasteiger partial charge in [-0.05, 0) is 59.6 Å². The molecule has 2 aromatic rings. The number of halogens is 2. The van der Waals surface area contributed by atoms with Crippen molar-refractivity contribution in [2.75, 3.05) is 7.05 Å². The average molecular weight is 314 g/mol. The van der Waals surface area contributed by atoms with Crippen molar-refractivity contribution in [3.05, 3.63) is 56.4 Å². The second kappa shape index (κ2) is 5.76. The van der Waals surface area contributed by atoms with Gasteiger partial charge in [-0.1, -0.05) is 15.9 Å². The Hall–Kier alpha value is -0.710. The van der Waals surface area contributed by atoms with Crippen LogP contribution in [0.5, 0.6) is 0 Å². The minimum atomic E-state index is -0.149. The molecule has 0 aliphatic carbocycles. The van der Waals surface area contributed by atoms with Crippen molar-refractivity contribution in [2.45, 2.75) is 12.5 Å². The highest BCUT2D eigenvalue weighted by molar-refractivity contribution is 9.10. The molecule has 1 aromatic carbocycles. The monoisotopic (exact) mass is 313 g/mol. The summed E-state index contributed by atoms with van der Waals surface area (Å²) in [5, 5.41) is 7.36. The summed E-state index contributed by atoms with van der Waals surface area (Å²) >= 11 is 5.03. The fourth-order valence-electron chi connectivity index (χ4n) is 1.78. The zero-order valence-corrected chi connectivity index (χ0v) is 11.8. The molecule has 1 unspecified atom stereocenters. The van der Waals surface area contributed by atoms with Gasteiger partial charge in [0.1, 0.15) is 5.82 Å². The average Bonchev–Trinajstić information content (AvgIpc) is 2.84. The quantitative estimate of drug-likeness (QED) is 0.894. The topological polar surface area (TPSA) is 12.0 Å². The zero-order valence-electron chi connectivity index (χ0n) is 9.41. The summed E-state index contributed by atoms with van der Waals surface area (Å²) in [4.78, 5) is 0. The van der Waals surface area contributed by atoms with Gasteiger partial charge in [-0.2, -0.15) is 11.3 Å². The van der Waals surface area contributed by atoms with E-state index in [4.69, 9.17) is 0 Å². The van der Waals surface area contributed by atoms with E-state index < -0.39 is 0 Å². The molecule has 0 aliphatic rings. The van der Waals surface area contributed by atoms with E-state index in [1.165, 1.54) is 11.6 Å². The molecular formula is C13H13BrFNS. The summed E-state index contributed by atoms with van der Waals surface area (Å²) in [5.74, 6) is -0.149. The van der Waals surface area contributed by atoms with E-state index in [1.807, 2.05) is 18.5 Å². The lowest BCUT2D eigenvalue weighted by molar-refractivity contribution is 0.555. The second-order valence-corrected chi connectivity index (χ2v) is 5.53. The van der Waals surface area contributed by atoms with Crippen LogP contribution in [-0.2, 0) is 6.42 Å². The van der Waals surface area contributed by atoms with E-state index >= 15 is 0 Å². The predicted molar refractivity (Wildman–Crippen MR) is 73.9 cm³/mol. The van der Waals surface area contributed by atoms with Gasteiger partial charge in [-0.25, -0.2) is 4.39 Å². The van der Waals surface area contributed by atoms with Crippen molar-refractivity contribution in [2.24, 2.45) is 0 Å². The van der Waals surface area contributed by atoms with Gasteiger partial charge in [0.2, 0.25) is 0 Å². The van der Waals surface area contributed by atoms with Crippen LogP contribution in [0.3, 0.4) is 0 Å². The third-order valence-electron chi connectivity index (χ3n) is 2.73. The van der Waals surface area contributed by atoms with Crippen LogP contribution >= 0.6 is 27.3 Å². The van der Waals surface area contributed by atoms with Crippen LogP contribution in [0, 0.1) is 5.82 Å². The number of nitrogens with one attached hydrogen (secondary N) is 1. The summed E-state index contributed by atoms with van der Waals surface area (Å²) < 4.78 is 14.6. The third kappa shape index (κ3) is 3.15. The molecule has 0 amide bonds. The molecule has 90 valence electrons. The summed E-state index contributed by atoms with van der Waals surface area (Å²) in [5.41, 5.74) is 1.93. The first kappa shape index (κ1) is 12.7. The van der Waals surface area contributed by atoms with Crippen LogP contribution in [0.1, 0.15) is 17.2 Å². The van der Waals surface area contributed by atoms with Crippen molar-refractivity contribution in [1.29, 1.82) is 0 Å². The first-order valence-corrected chi connectivity index (χ1v) is 7.07. The SMILES string of the molecule is CNC(Cc1cc(Br)ccc1F)c1ccsc1. The van der Waals surface area contributed by atoms with Crippen LogP contribution in [-0.4, -0.2) is 7.05 Å². The fourth-order valence-corrected chi connectivity index (χ4v) is 2.90. The molecule has 0 spiro atoms. The maximum Gasteiger partial charge on any atom is 0.126 e. The van der Waals surface area contributed by atoms with Gasteiger partial charge >= 0.3 is 0 Å². The molecule has 0 saturated heterocycles. The van der Waals surface area contributed by atoms with Crippen molar-refractivity contribution >= 4 is 27.3 Å². The third-order valence-corrected chi connectivity index (χ3v) is 3.92. The largest absolute Gasteiger partial charge is 0.313 e. The van der Waals surface area contributed by atoms with E-state index in [0.29, 0.717) is 6.42 Å². The molecule has 1 nitrogen and oxygen atoms in total. The highest BCUT2D eigenvalue weighted by Gasteiger charge is 2.13. The lowest BCUT2D eigenvalue weighted by atomic mass is 10.0. The maximum atomic E-state index is 13.7. The van der Waals surface area contributed by atoms with Gasteiger partial charge < -0.3 is 5.32 Å². The van der Waals surface area contributed by atoms with Crippen molar-refractivity contribution in [1.82, 2.24) is 5.32 Å². The lowest BCUT2D eigenvalue weighted by Gasteiger charge is -2.15. The molecule has 0 saturated carbocycles. The smallest absolute Gasteiger partial charge is 0.126 e. The van der Waals surface area contributed by atoms with Gasteiger partial charge in [-0.3, -0.25) is 0 Å². The molecule has 2 rings (SSSR count). The molecule has 1 atom stereocenters. The summed E-state index contributed by atoms with van der Waals surface area (Å²) in [7, 11) is 1.90. The molecule has 4 heteroatoms. The Morgan fingerprint density at radius 3 is 2.88 bits per heavy atom. The van der Waals surface area contributed by atoms with Crippen molar-refractivity contribution in [3.63, 3.8) is 0 Å². The molecule has 1 N–H and O–H groups in total. The molecule has 0 radical (unpaired) electrons. The Bertz CT molecular complexity index is 484. The normalized spacial score (nSPS) is 12.6. The standard InChI is InChI=1S/C13H13BrFNS/c1-16-13(9-4-5-17-8-9)7-10-6-11(14)2-3-12(10)15/h2-6,8,13,16H,7H2,1H3. The fraction of sp³-hybridized carbons (Fsp3) is 0.231. The Morgan fingerprint density at radius 2 is 2.24 bits per heavy atom. The minimum absolute atomic E-state index is 0.149. The van der Waals surface area contributed by atoms with Crippen molar-refractivity contribution < 1.29 is 4.39 Å². The number of likely N-dealkylation sites (N-methyl/N-ethyl adjacent to an activating group) is 1. The predicted octanol–water partition coefficient (Wildman–Crippen LogP) is 4.15. The molecule has 1 heterocycles. The summed E-state index contributed by atoms with van der Waals surface area (Å²) in [6.45, 7) is 0. The zero-order chi connectivity index (χ0) is 12.3. The number of hydrogen-bond acceptors (Lipinski definition) is 2. The number of hydrogen-bond donors (Lipinski definition) is 1. The molecule has 1 aromatic heterocycles. The Balaban J connectivity index is 2.21. The first-order valence-electron chi connectivity index (χ1n) is 5.34. The van der Waals surface area contributed by atoms with Gasteiger partial charge in [0.25, 0.3) is 0 Å². The molecule has 0 bridgehead atoms. The highest BCUT2D eigenvalue weighted by Crippen LogP contribution is 2.24. The minimum Gasteiger partial charge on any atom is -0.313 e. The van der Waals surface area contributed by atoms with E-state index in [-0.39, 0.29) is 11.9 Å². The van der Waals surface area contributed by atoms with Gasteiger partial charge in [0.15, 0.2) is 0 Å². The summed E-state index contributed by atoms with van der Waals surface area (Å²) in [6.07, 6.45) is 0.651. The Kier molecular flexibility index (Phi) is 4.31. The number of thiophene rings is 1. The maximum absolute atomic E-state index is 13.7. The molecule has 17 heavy (non-hydrogen) atoms. The van der Waals surface area contributed by atoms with Gasteiger partial charge in [0, 0.05) is 10.5 Å². The highest BCUT2D eigenvalue weighted by atomic mass is 79.9. The van der Waals surface area contributed by atoms with Crippen molar-refractivity contribution in [3.8, 4) is 0 Å². The number of rotatable bonds is 4. The van der Waals surface area contributed by atoms with Crippen LogP contribution < -0.4 is 5.32 Å². The van der Waals surface area contributed by atoms with Crippen LogP contribution in [0.2, 0.25) is 0 Å². The Morgan fingerprint density at radius 1 is 1.41 bits per heavy atom. The summed E-state index contributed by atoms with van der Waals surface area (Å²) in [6, 6.07) is 7.29. The molecule has 0 aliphatic heterocycles. The van der Waals surface area contributed by atoms with Crippen LogP contribution in [0.4, 0.5) is 4.39 Å². The second-order valence-electron chi connectivity index (χ2n) is 3.84. The van der Waals surface area contributed by atoms with Crippen LogP contribution in [0.25, 0.3) is 0 Å². The lowest BCUT2D eigenvalue weighted by Crippen LogP contribution is -2.18.